The summed E-state index contributed by atoms with van der Waals surface area (Å²) in [4.78, 5) is 0. The van der Waals surface area contributed by atoms with E-state index in [9.17, 15) is 0 Å². The molecular weight excluding hydrogens is 188 g/mol. The van der Waals surface area contributed by atoms with E-state index in [1.54, 1.807) is 0 Å². The van der Waals surface area contributed by atoms with E-state index in [0.29, 0.717) is 5.70 Å². The van der Waals surface area contributed by atoms with E-state index >= 15 is 0 Å². The minimum Gasteiger partial charge on any atom is -0.396 e. The molecule has 0 aromatic heterocycles. The van der Waals surface area contributed by atoms with Crippen molar-refractivity contribution in [3.05, 3.63) is 40.6 Å². The van der Waals surface area contributed by atoms with E-state index in [0.717, 1.165) is 16.7 Å². The van der Waals surface area contributed by atoms with Gasteiger partial charge in [0.15, 0.2) is 5.70 Å². The fraction of sp³-hybridized carbons (Fsp3) is 0.182. The molecule has 0 aliphatic carbocycles. The molecule has 1 rings (SSSR count). The van der Waals surface area contributed by atoms with E-state index in [4.69, 9.17) is 16.8 Å². The van der Waals surface area contributed by atoms with Crippen LogP contribution in [-0.4, -0.2) is 0 Å². The van der Waals surface area contributed by atoms with Gasteiger partial charge in [-0.05, 0) is 25.0 Å². The fourth-order valence-electron chi connectivity index (χ4n) is 1.53. The molecule has 1 aromatic carbocycles. The molecule has 15 heavy (non-hydrogen) atoms. The van der Waals surface area contributed by atoms with Crippen molar-refractivity contribution in [1.29, 1.82) is 5.26 Å². The Morgan fingerprint density at radius 1 is 1.33 bits per heavy atom. The lowest BCUT2D eigenvalue weighted by Crippen LogP contribution is -2.23. The van der Waals surface area contributed by atoms with Gasteiger partial charge in [-0.25, -0.2) is 5.84 Å². The number of nitrogens with one attached hydrogen (secondary N) is 1. The number of nitrogens with two attached hydrogens (primary N) is 2. The smallest absolute Gasteiger partial charge is 0.151 e. The first-order chi connectivity index (χ1) is 7.11. The summed E-state index contributed by atoms with van der Waals surface area (Å²) in [6.45, 7) is 3.89. The molecule has 0 unspecified atom stereocenters. The second-order valence-electron chi connectivity index (χ2n) is 3.31. The molecule has 0 fully saturated rings. The summed E-state index contributed by atoms with van der Waals surface area (Å²) in [6, 6.07) is 7.76. The van der Waals surface area contributed by atoms with Crippen molar-refractivity contribution in [2.45, 2.75) is 13.8 Å². The number of rotatable bonds is 2. The average Bonchev–Trinajstić information content (AvgIpc) is 2.19. The second-order valence-corrected chi connectivity index (χ2v) is 3.31. The molecule has 78 valence electrons. The quantitative estimate of drug-likeness (QED) is 0.378. The van der Waals surface area contributed by atoms with Crippen molar-refractivity contribution >= 4 is 5.70 Å². The summed E-state index contributed by atoms with van der Waals surface area (Å²) in [7, 11) is 0. The third-order valence-corrected chi connectivity index (χ3v) is 2.28. The van der Waals surface area contributed by atoms with Gasteiger partial charge in [0.05, 0.1) is 5.70 Å². The van der Waals surface area contributed by atoms with Gasteiger partial charge in [0, 0.05) is 5.56 Å². The summed E-state index contributed by atoms with van der Waals surface area (Å²) < 4.78 is 0. The number of benzene rings is 1. The highest BCUT2D eigenvalue weighted by Crippen LogP contribution is 2.20. The monoisotopic (exact) mass is 202 g/mol. The predicted molar refractivity (Wildman–Crippen MR) is 60.0 cm³/mol. The highest BCUT2D eigenvalue weighted by atomic mass is 15.2. The van der Waals surface area contributed by atoms with E-state index in [-0.39, 0.29) is 5.70 Å². The molecule has 0 atom stereocenters. The van der Waals surface area contributed by atoms with E-state index in [1.165, 1.54) is 0 Å². The Kier molecular flexibility index (Phi) is 3.32. The molecule has 0 saturated carbocycles. The van der Waals surface area contributed by atoms with Crippen molar-refractivity contribution in [2.75, 3.05) is 0 Å². The average molecular weight is 202 g/mol. The van der Waals surface area contributed by atoms with Gasteiger partial charge in [-0.1, -0.05) is 18.2 Å². The topological polar surface area (TPSA) is 87.9 Å². The van der Waals surface area contributed by atoms with Gasteiger partial charge in [0.1, 0.15) is 6.07 Å². The van der Waals surface area contributed by atoms with Crippen molar-refractivity contribution in [1.82, 2.24) is 5.43 Å². The first-order valence-corrected chi connectivity index (χ1v) is 4.54. The number of hydrogen-bond donors (Lipinski definition) is 3. The van der Waals surface area contributed by atoms with Crippen LogP contribution in [0.1, 0.15) is 16.7 Å². The van der Waals surface area contributed by atoms with Crippen LogP contribution in [-0.2, 0) is 0 Å². The molecule has 4 nitrogen and oxygen atoms in total. The lowest BCUT2D eigenvalue weighted by atomic mass is 9.99. The van der Waals surface area contributed by atoms with Gasteiger partial charge in [0.2, 0.25) is 0 Å². The number of allylic oxidation sites excluding steroid dienone is 1. The Labute approximate surface area is 89.2 Å². The summed E-state index contributed by atoms with van der Waals surface area (Å²) in [5.74, 6) is 5.21. The molecule has 4 heteroatoms. The van der Waals surface area contributed by atoms with Crippen LogP contribution in [0.4, 0.5) is 0 Å². The molecule has 0 saturated heterocycles. The highest BCUT2D eigenvalue weighted by molar-refractivity contribution is 5.72. The van der Waals surface area contributed by atoms with Gasteiger partial charge in [-0.3, -0.25) is 0 Å². The minimum atomic E-state index is 0.187. The molecule has 0 amide bonds. The van der Waals surface area contributed by atoms with Crippen LogP contribution in [0.5, 0.6) is 0 Å². The third kappa shape index (κ3) is 2.09. The minimum absolute atomic E-state index is 0.187. The molecule has 5 N–H and O–H groups in total. The molecular formula is C11H14N4. The molecule has 1 aromatic rings. The summed E-state index contributed by atoms with van der Waals surface area (Å²) in [5.41, 5.74) is 11.7. The van der Waals surface area contributed by atoms with Crippen LogP contribution in [0.3, 0.4) is 0 Å². The van der Waals surface area contributed by atoms with Gasteiger partial charge in [0.25, 0.3) is 0 Å². The third-order valence-electron chi connectivity index (χ3n) is 2.28. The normalized spacial score (nSPS) is 11.6. The lowest BCUT2D eigenvalue weighted by molar-refractivity contribution is 0.919. The first-order valence-electron chi connectivity index (χ1n) is 4.54. The fourth-order valence-corrected chi connectivity index (χ4v) is 1.53. The summed E-state index contributed by atoms with van der Waals surface area (Å²) in [5, 5.41) is 8.81. The summed E-state index contributed by atoms with van der Waals surface area (Å²) in [6.07, 6.45) is 0. The molecule has 0 radical (unpaired) electrons. The van der Waals surface area contributed by atoms with Gasteiger partial charge in [-0.15, -0.1) is 0 Å². The van der Waals surface area contributed by atoms with Crippen LogP contribution in [0.15, 0.2) is 23.9 Å². The van der Waals surface area contributed by atoms with Gasteiger partial charge >= 0.3 is 0 Å². The van der Waals surface area contributed by atoms with Crippen LogP contribution < -0.4 is 17.0 Å². The largest absolute Gasteiger partial charge is 0.396 e. The Morgan fingerprint density at radius 3 is 2.27 bits per heavy atom. The Bertz CT molecular complexity index is 420. The van der Waals surface area contributed by atoms with Crippen molar-refractivity contribution in [3.63, 3.8) is 0 Å². The Balaban J connectivity index is 3.41. The molecule has 0 bridgehead atoms. The maximum atomic E-state index is 8.81. The maximum Gasteiger partial charge on any atom is 0.151 e. The van der Waals surface area contributed by atoms with Crippen LogP contribution in [0.2, 0.25) is 0 Å². The number of aryl methyl sites for hydroxylation is 2. The first kappa shape index (κ1) is 11.1. The Hall–Kier alpha value is -1.99. The van der Waals surface area contributed by atoms with Crippen molar-refractivity contribution in [2.24, 2.45) is 11.6 Å². The molecule has 0 heterocycles. The zero-order valence-electron chi connectivity index (χ0n) is 8.83. The summed E-state index contributed by atoms with van der Waals surface area (Å²) >= 11 is 0. The van der Waals surface area contributed by atoms with Crippen LogP contribution >= 0.6 is 0 Å². The van der Waals surface area contributed by atoms with E-state index < -0.39 is 0 Å². The zero-order chi connectivity index (χ0) is 11.4. The van der Waals surface area contributed by atoms with E-state index in [2.05, 4.69) is 5.43 Å². The number of hydrogen-bond acceptors (Lipinski definition) is 4. The lowest BCUT2D eigenvalue weighted by Gasteiger charge is -2.11. The highest BCUT2D eigenvalue weighted by Gasteiger charge is 2.09. The zero-order valence-corrected chi connectivity index (χ0v) is 8.83. The van der Waals surface area contributed by atoms with Crippen LogP contribution in [0.25, 0.3) is 5.70 Å². The predicted octanol–water partition coefficient (Wildman–Crippen LogP) is 0.918. The standard InChI is InChI=1S/C11H14N4/c1-7-4-3-5-8(2)10(7)11(13)9(6-12)15-14/h3-5,15H,13-14H2,1-2H3/b11-9-. The van der Waals surface area contributed by atoms with Gasteiger partial charge < -0.3 is 11.2 Å². The van der Waals surface area contributed by atoms with Crippen molar-refractivity contribution < 1.29 is 0 Å². The van der Waals surface area contributed by atoms with Crippen LogP contribution in [0, 0.1) is 25.2 Å². The maximum absolute atomic E-state index is 8.81. The second kappa shape index (κ2) is 4.49. The molecule has 0 spiro atoms. The number of nitrogens with zero attached hydrogens (tertiary/aromatic N) is 1. The SMILES string of the molecule is Cc1cccc(C)c1/C(N)=C(\C#N)NN. The number of hydrazine groups is 1. The van der Waals surface area contributed by atoms with Gasteiger partial charge in [-0.2, -0.15) is 5.26 Å². The molecule has 0 aliphatic rings. The van der Waals surface area contributed by atoms with E-state index in [1.807, 2.05) is 38.1 Å². The Morgan fingerprint density at radius 2 is 1.87 bits per heavy atom. The number of nitriles is 1. The molecule has 0 aliphatic heterocycles. The van der Waals surface area contributed by atoms with Crippen molar-refractivity contribution in [3.8, 4) is 6.07 Å².